The summed E-state index contributed by atoms with van der Waals surface area (Å²) in [6, 6.07) is 13.9. The number of benzene rings is 1. The second-order valence-corrected chi connectivity index (χ2v) is 8.00. The van der Waals surface area contributed by atoms with Crippen LogP contribution in [-0.4, -0.2) is 17.7 Å². The van der Waals surface area contributed by atoms with E-state index >= 15 is 0 Å². The Kier molecular flexibility index (Phi) is 5.76. The molecule has 5 heteroatoms. The summed E-state index contributed by atoms with van der Waals surface area (Å²) < 4.78 is 0. The highest BCUT2D eigenvalue weighted by molar-refractivity contribution is 7.12. The van der Waals surface area contributed by atoms with E-state index in [9.17, 15) is 9.90 Å². The third-order valence-electron chi connectivity index (χ3n) is 5.01. The van der Waals surface area contributed by atoms with Crippen LogP contribution in [0.2, 0.25) is 0 Å². The third kappa shape index (κ3) is 4.41. The number of aliphatic hydroxyl groups is 1. The van der Waals surface area contributed by atoms with Gasteiger partial charge in [-0.15, -0.1) is 11.3 Å². The average Bonchev–Trinajstić information content (AvgIpc) is 3.29. The molecular weight excluding hydrogens is 332 g/mol. The predicted molar refractivity (Wildman–Crippen MR) is 102 cm³/mol. The number of hydrogen-bond acceptors (Lipinski definition) is 3. The van der Waals surface area contributed by atoms with Crippen LogP contribution in [0.1, 0.15) is 54.0 Å². The topological polar surface area (TPSA) is 61.4 Å². The largest absolute Gasteiger partial charge is 0.388 e. The van der Waals surface area contributed by atoms with Gasteiger partial charge in [0.25, 0.3) is 0 Å². The van der Waals surface area contributed by atoms with Gasteiger partial charge in [0.1, 0.15) is 0 Å². The molecule has 0 saturated heterocycles. The first-order valence-corrected chi connectivity index (χ1v) is 9.75. The third-order valence-corrected chi connectivity index (χ3v) is 6.51. The average molecular weight is 359 g/mol. The SMILES string of the molecule is CC(O)c1ccc(C2(CNC(=O)NCc3ccccc3)CCCC2)s1. The first kappa shape index (κ1) is 18.0. The van der Waals surface area contributed by atoms with Crippen LogP contribution < -0.4 is 10.6 Å². The van der Waals surface area contributed by atoms with E-state index in [1.54, 1.807) is 18.3 Å². The Morgan fingerprint density at radius 2 is 1.88 bits per heavy atom. The highest BCUT2D eigenvalue weighted by Crippen LogP contribution is 2.44. The summed E-state index contributed by atoms with van der Waals surface area (Å²) >= 11 is 1.68. The first-order chi connectivity index (χ1) is 12.1. The van der Waals surface area contributed by atoms with Gasteiger partial charge in [0.2, 0.25) is 0 Å². The monoisotopic (exact) mass is 358 g/mol. The lowest BCUT2D eigenvalue weighted by atomic mass is 9.84. The minimum absolute atomic E-state index is 0.0158. The highest BCUT2D eigenvalue weighted by atomic mass is 32.1. The van der Waals surface area contributed by atoms with Crippen LogP contribution in [0.15, 0.2) is 42.5 Å². The molecule has 4 nitrogen and oxygen atoms in total. The molecule has 134 valence electrons. The Bertz CT molecular complexity index is 691. The zero-order chi connectivity index (χ0) is 17.7. The van der Waals surface area contributed by atoms with Crippen LogP contribution in [0, 0.1) is 0 Å². The molecule has 1 saturated carbocycles. The molecule has 0 radical (unpaired) electrons. The Balaban J connectivity index is 1.59. The molecule has 1 heterocycles. The summed E-state index contributed by atoms with van der Waals surface area (Å²) in [5.41, 5.74) is 1.11. The van der Waals surface area contributed by atoms with Crippen molar-refractivity contribution in [3.8, 4) is 0 Å². The molecule has 2 amide bonds. The molecule has 3 rings (SSSR count). The fourth-order valence-corrected chi connectivity index (χ4v) is 4.70. The maximum atomic E-state index is 12.2. The number of aliphatic hydroxyl groups excluding tert-OH is 1. The zero-order valence-corrected chi connectivity index (χ0v) is 15.4. The number of carbonyl (C=O) groups is 1. The second-order valence-electron chi connectivity index (χ2n) is 6.89. The predicted octanol–water partition coefficient (Wildman–Crippen LogP) is 4.11. The van der Waals surface area contributed by atoms with Crippen LogP contribution in [0.5, 0.6) is 0 Å². The molecule has 1 aliphatic carbocycles. The van der Waals surface area contributed by atoms with E-state index in [1.165, 1.54) is 17.7 Å². The lowest BCUT2D eigenvalue weighted by Crippen LogP contribution is -2.43. The van der Waals surface area contributed by atoms with E-state index in [0.717, 1.165) is 23.3 Å². The van der Waals surface area contributed by atoms with Gasteiger partial charge in [-0.05, 0) is 37.5 Å². The molecule has 1 fully saturated rings. The van der Waals surface area contributed by atoms with Crippen molar-refractivity contribution in [2.45, 2.75) is 50.7 Å². The fraction of sp³-hybridized carbons (Fsp3) is 0.450. The van der Waals surface area contributed by atoms with Gasteiger partial charge in [-0.2, -0.15) is 0 Å². The van der Waals surface area contributed by atoms with Crippen molar-refractivity contribution >= 4 is 17.4 Å². The van der Waals surface area contributed by atoms with Crippen LogP contribution >= 0.6 is 11.3 Å². The molecule has 0 bridgehead atoms. The van der Waals surface area contributed by atoms with E-state index in [4.69, 9.17) is 0 Å². The van der Waals surface area contributed by atoms with Gasteiger partial charge >= 0.3 is 6.03 Å². The van der Waals surface area contributed by atoms with Gasteiger partial charge in [-0.25, -0.2) is 4.79 Å². The van der Waals surface area contributed by atoms with Crippen molar-refractivity contribution in [2.75, 3.05) is 6.54 Å². The zero-order valence-electron chi connectivity index (χ0n) is 14.6. The Morgan fingerprint density at radius 1 is 1.16 bits per heavy atom. The Morgan fingerprint density at radius 3 is 2.52 bits per heavy atom. The maximum Gasteiger partial charge on any atom is 0.315 e. The smallest absolute Gasteiger partial charge is 0.315 e. The van der Waals surface area contributed by atoms with Gasteiger partial charge in [-0.1, -0.05) is 43.2 Å². The maximum absolute atomic E-state index is 12.2. The molecule has 1 atom stereocenters. The Hall–Kier alpha value is -1.85. The molecule has 0 spiro atoms. The van der Waals surface area contributed by atoms with E-state index in [1.807, 2.05) is 36.4 Å². The quantitative estimate of drug-likeness (QED) is 0.728. The Labute approximate surface area is 153 Å². The number of amides is 2. The van der Waals surface area contributed by atoms with Crippen LogP contribution in [0.4, 0.5) is 4.79 Å². The van der Waals surface area contributed by atoms with Crippen LogP contribution in [0.25, 0.3) is 0 Å². The van der Waals surface area contributed by atoms with E-state index in [0.29, 0.717) is 13.1 Å². The van der Waals surface area contributed by atoms with Crippen LogP contribution in [-0.2, 0) is 12.0 Å². The van der Waals surface area contributed by atoms with Gasteiger partial charge in [0, 0.05) is 28.3 Å². The number of rotatable bonds is 6. The summed E-state index contributed by atoms with van der Waals surface area (Å²) in [6.07, 6.45) is 4.13. The molecule has 3 N–H and O–H groups in total. The van der Waals surface area contributed by atoms with E-state index in [-0.39, 0.29) is 11.4 Å². The van der Waals surface area contributed by atoms with Gasteiger partial charge in [-0.3, -0.25) is 0 Å². The molecule has 0 aliphatic heterocycles. The number of urea groups is 1. The number of carbonyl (C=O) groups excluding carboxylic acids is 1. The summed E-state index contributed by atoms with van der Waals surface area (Å²) in [7, 11) is 0. The highest BCUT2D eigenvalue weighted by Gasteiger charge is 2.37. The van der Waals surface area contributed by atoms with Gasteiger partial charge in [0.05, 0.1) is 6.10 Å². The molecular formula is C20H26N2O2S. The number of hydrogen-bond donors (Lipinski definition) is 3. The summed E-state index contributed by atoms with van der Waals surface area (Å²) in [6.45, 7) is 2.98. The number of nitrogens with one attached hydrogen (secondary N) is 2. The van der Waals surface area contributed by atoms with Crippen molar-refractivity contribution in [1.82, 2.24) is 10.6 Å². The van der Waals surface area contributed by atoms with E-state index in [2.05, 4.69) is 16.7 Å². The van der Waals surface area contributed by atoms with E-state index < -0.39 is 6.10 Å². The molecule has 1 aromatic carbocycles. The van der Waals surface area contributed by atoms with Crippen molar-refractivity contribution in [1.29, 1.82) is 0 Å². The lowest BCUT2D eigenvalue weighted by molar-refractivity contribution is 0.203. The van der Waals surface area contributed by atoms with Crippen molar-refractivity contribution in [3.63, 3.8) is 0 Å². The van der Waals surface area contributed by atoms with Crippen molar-refractivity contribution < 1.29 is 9.90 Å². The standard InChI is InChI=1S/C20H26N2O2S/c1-15(23)17-9-10-18(25-17)20(11-5-6-12-20)14-22-19(24)21-13-16-7-3-2-4-8-16/h2-4,7-10,15,23H,5-6,11-14H2,1H3,(H2,21,22,24). The summed E-state index contributed by atoms with van der Waals surface area (Å²) in [4.78, 5) is 14.5. The second kappa shape index (κ2) is 8.02. The molecule has 1 aliphatic rings. The normalized spacial score (nSPS) is 17.2. The number of thiophene rings is 1. The van der Waals surface area contributed by atoms with Crippen LogP contribution in [0.3, 0.4) is 0 Å². The minimum atomic E-state index is -0.431. The van der Waals surface area contributed by atoms with Crippen molar-refractivity contribution in [2.24, 2.45) is 0 Å². The lowest BCUT2D eigenvalue weighted by Gasteiger charge is -2.28. The van der Waals surface area contributed by atoms with Gasteiger partial charge in [0.15, 0.2) is 0 Å². The van der Waals surface area contributed by atoms with Gasteiger partial charge < -0.3 is 15.7 Å². The summed E-state index contributed by atoms with van der Waals surface area (Å²) in [5, 5.41) is 15.8. The fourth-order valence-electron chi connectivity index (χ4n) is 3.51. The first-order valence-electron chi connectivity index (χ1n) is 8.93. The molecule has 1 unspecified atom stereocenters. The molecule has 1 aromatic heterocycles. The summed E-state index contributed by atoms with van der Waals surface area (Å²) in [5.74, 6) is 0. The van der Waals surface area contributed by atoms with Crippen molar-refractivity contribution in [3.05, 3.63) is 57.8 Å². The molecule has 25 heavy (non-hydrogen) atoms. The molecule has 2 aromatic rings. The minimum Gasteiger partial charge on any atom is -0.388 e.